The van der Waals surface area contributed by atoms with Gasteiger partial charge in [0.25, 0.3) is 0 Å². The maximum absolute atomic E-state index is 11.7. The molecule has 0 spiro atoms. The van der Waals surface area contributed by atoms with E-state index in [1.54, 1.807) is 0 Å². The molecule has 0 saturated heterocycles. The molecule has 0 aliphatic heterocycles. The molecular formula is C11H22F3NO. The number of nitrogens with one attached hydrogen (secondary N) is 1. The van der Waals surface area contributed by atoms with Crippen molar-refractivity contribution in [2.24, 2.45) is 0 Å². The lowest BCUT2D eigenvalue weighted by molar-refractivity contribution is -0.192. The molecule has 0 rings (SSSR count). The fourth-order valence-electron chi connectivity index (χ4n) is 1.38. The summed E-state index contributed by atoms with van der Waals surface area (Å²) in [7, 11) is 0. The topological polar surface area (TPSA) is 21.3 Å². The van der Waals surface area contributed by atoms with Gasteiger partial charge in [0.2, 0.25) is 0 Å². The molecule has 0 aromatic heterocycles. The van der Waals surface area contributed by atoms with Crippen molar-refractivity contribution in [3.8, 4) is 0 Å². The van der Waals surface area contributed by atoms with Gasteiger partial charge in [-0.2, -0.15) is 18.7 Å². The summed E-state index contributed by atoms with van der Waals surface area (Å²) in [4.78, 5) is 4.36. The summed E-state index contributed by atoms with van der Waals surface area (Å²) < 4.78 is 35.2. The van der Waals surface area contributed by atoms with E-state index >= 15 is 0 Å². The van der Waals surface area contributed by atoms with Gasteiger partial charge >= 0.3 is 6.18 Å². The minimum Gasteiger partial charge on any atom is -0.292 e. The summed E-state index contributed by atoms with van der Waals surface area (Å²) in [6, 6.07) is -0.0241. The van der Waals surface area contributed by atoms with E-state index in [4.69, 9.17) is 0 Å². The molecule has 0 aromatic rings. The fourth-order valence-corrected chi connectivity index (χ4v) is 1.38. The number of alkyl halides is 3. The maximum Gasteiger partial charge on any atom is 0.413 e. The summed E-state index contributed by atoms with van der Waals surface area (Å²) >= 11 is 0. The van der Waals surface area contributed by atoms with Crippen LogP contribution in [0.1, 0.15) is 52.4 Å². The van der Waals surface area contributed by atoms with Gasteiger partial charge in [0.05, 0.1) is 0 Å². The number of hydrogen-bond donors (Lipinski definition) is 1. The average molecular weight is 241 g/mol. The van der Waals surface area contributed by atoms with Crippen LogP contribution in [0.2, 0.25) is 0 Å². The van der Waals surface area contributed by atoms with Crippen molar-refractivity contribution in [3.05, 3.63) is 0 Å². The van der Waals surface area contributed by atoms with E-state index in [-0.39, 0.29) is 6.04 Å². The molecule has 16 heavy (non-hydrogen) atoms. The van der Waals surface area contributed by atoms with Crippen molar-refractivity contribution >= 4 is 0 Å². The third-order valence-electron chi connectivity index (χ3n) is 2.26. The van der Waals surface area contributed by atoms with Crippen LogP contribution in [-0.4, -0.2) is 18.8 Å². The van der Waals surface area contributed by atoms with Crippen molar-refractivity contribution < 1.29 is 18.0 Å². The molecular weight excluding hydrogens is 219 g/mol. The smallest absolute Gasteiger partial charge is 0.292 e. The quantitative estimate of drug-likeness (QED) is 0.489. The van der Waals surface area contributed by atoms with Crippen LogP contribution < -0.4 is 5.48 Å². The van der Waals surface area contributed by atoms with Gasteiger partial charge in [0.1, 0.15) is 0 Å². The summed E-state index contributed by atoms with van der Waals surface area (Å²) in [5.41, 5.74) is 2.41. The zero-order valence-electron chi connectivity index (χ0n) is 10.1. The largest absolute Gasteiger partial charge is 0.413 e. The average Bonchev–Trinajstić information content (AvgIpc) is 2.15. The molecule has 0 heterocycles. The molecule has 0 aliphatic carbocycles. The molecule has 0 amide bonds. The zero-order valence-corrected chi connectivity index (χ0v) is 10.1. The van der Waals surface area contributed by atoms with Crippen molar-refractivity contribution in [1.29, 1.82) is 0 Å². The summed E-state index contributed by atoms with van der Waals surface area (Å²) in [5.74, 6) is 0. The van der Waals surface area contributed by atoms with Crippen LogP contribution >= 0.6 is 0 Å². The zero-order chi connectivity index (χ0) is 12.4. The summed E-state index contributed by atoms with van der Waals surface area (Å²) in [6.07, 6.45) is 2.39. The highest BCUT2D eigenvalue weighted by molar-refractivity contribution is 4.55. The molecule has 0 bridgehead atoms. The van der Waals surface area contributed by atoms with Crippen molar-refractivity contribution in [2.75, 3.05) is 6.61 Å². The molecule has 0 aromatic carbocycles. The Morgan fingerprint density at radius 3 is 2.31 bits per heavy atom. The van der Waals surface area contributed by atoms with Crippen molar-refractivity contribution in [2.45, 2.75) is 64.6 Å². The highest BCUT2D eigenvalue weighted by atomic mass is 19.4. The van der Waals surface area contributed by atoms with E-state index in [0.29, 0.717) is 0 Å². The Hall–Kier alpha value is -0.290. The minimum absolute atomic E-state index is 0.0241. The predicted octanol–water partition coefficient (Wildman–Crippen LogP) is 3.82. The van der Waals surface area contributed by atoms with Crippen LogP contribution in [-0.2, 0) is 4.84 Å². The van der Waals surface area contributed by atoms with Crippen LogP contribution in [0.15, 0.2) is 0 Å². The van der Waals surface area contributed by atoms with Gasteiger partial charge in [-0.25, -0.2) is 0 Å². The van der Waals surface area contributed by atoms with Crippen LogP contribution in [0.4, 0.5) is 13.2 Å². The van der Waals surface area contributed by atoms with Gasteiger partial charge in [0, 0.05) is 6.04 Å². The second-order valence-electron chi connectivity index (χ2n) is 4.13. The predicted molar refractivity (Wildman–Crippen MR) is 58.0 cm³/mol. The number of hydroxylamine groups is 1. The van der Waals surface area contributed by atoms with Gasteiger partial charge in [-0.05, 0) is 13.3 Å². The highest BCUT2D eigenvalue weighted by Crippen LogP contribution is 2.14. The SMILES string of the molecule is CCCCCCCC(C)NOCC(F)(F)F. The van der Waals surface area contributed by atoms with E-state index < -0.39 is 12.8 Å². The fraction of sp³-hybridized carbons (Fsp3) is 1.00. The Bertz CT molecular complexity index is 162. The van der Waals surface area contributed by atoms with E-state index in [2.05, 4.69) is 17.2 Å². The third kappa shape index (κ3) is 11.8. The first-order chi connectivity index (χ1) is 7.45. The number of hydrogen-bond acceptors (Lipinski definition) is 2. The van der Waals surface area contributed by atoms with E-state index in [0.717, 1.165) is 19.3 Å². The van der Waals surface area contributed by atoms with Gasteiger partial charge in [-0.15, -0.1) is 0 Å². The first-order valence-electron chi connectivity index (χ1n) is 5.89. The standard InChI is InChI=1S/C11H22F3NO/c1-3-4-5-6-7-8-10(2)15-16-9-11(12,13)14/h10,15H,3-9H2,1-2H3. The lowest BCUT2D eigenvalue weighted by Gasteiger charge is -2.14. The molecule has 0 fully saturated rings. The molecule has 0 aliphatic rings. The monoisotopic (exact) mass is 241 g/mol. The minimum atomic E-state index is -4.26. The third-order valence-corrected chi connectivity index (χ3v) is 2.26. The van der Waals surface area contributed by atoms with Crippen LogP contribution in [0.5, 0.6) is 0 Å². The van der Waals surface area contributed by atoms with E-state index in [9.17, 15) is 13.2 Å². The Morgan fingerprint density at radius 1 is 1.12 bits per heavy atom. The van der Waals surface area contributed by atoms with Crippen molar-refractivity contribution in [3.63, 3.8) is 0 Å². The molecule has 5 heteroatoms. The first kappa shape index (κ1) is 15.7. The lowest BCUT2D eigenvalue weighted by Crippen LogP contribution is -2.31. The normalized spacial score (nSPS) is 14.1. The van der Waals surface area contributed by atoms with E-state index in [1.807, 2.05) is 6.92 Å². The van der Waals surface area contributed by atoms with Gasteiger partial charge in [0.15, 0.2) is 6.61 Å². The Kier molecular flexibility index (Phi) is 8.66. The molecule has 0 radical (unpaired) electrons. The lowest BCUT2D eigenvalue weighted by atomic mass is 10.1. The molecule has 0 saturated carbocycles. The van der Waals surface area contributed by atoms with Crippen molar-refractivity contribution in [1.82, 2.24) is 5.48 Å². The van der Waals surface area contributed by atoms with E-state index in [1.165, 1.54) is 19.3 Å². The van der Waals surface area contributed by atoms with Crippen LogP contribution in [0.3, 0.4) is 0 Å². The molecule has 98 valence electrons. The molecule has 1 atom stereocenters. The Morgan fingerprint density at radius 2 is 1.75 bits per heavy atom. The van der Waals surface area contributed by atoms with Gasteiger partial charge < -0.3 is 0 Å². The molecule has 1 N–H and O–H groups in total. The van der Waals surface area contributed by atoms with Crippen LogP contribution in [0, 0.1) is 0 Å². The first-order valence-corrected chi connectivity index (χ1v) is 5.89. The Balaban J connectivity index is 3.28. The van der Waals surface area contributed by atoms with Gasteiger partial charge in [-0.3, -0.25) is 4.84 Å². The second kappa shape index (κ2) is 8.82. The van der Waals surface area contributed by atoms with Gasteiger partial charge in [-0.1, -0.05) is 39.0 Å². The summed E-state index contributed by atoms with van der Waals surface area (Å²) in [6.45, 7) is 2.75. The Labute approximate surface area is 95.5 Å². The highest BCUT2D eigenvalue weighted by Gasteiger charge is 2.27. The van der Waals surface area contributed by atoms with Crippen LogP contribution in [0.25, 0.3) is 0 Å². The number of halogens is 3. The second-order valence-corrected chi connectivity index (χ2v) is 4.13. The summed E-state index contributed by atoms with van der Waals surface area (Å²) in [5, 5.41) is 0. The number of rotatable bonds is 9. The maximum atomic E-state index is 11.7. The molecule has 1 unspecified atom stereocenters. The molecule has 2 nitrogen and oxygen atoms in total. The number of unbranched alkanes of at least 4 members (excludes halogenated alkanes) is 4.